The highest BCUT2D eigenvalue weighted by molar-refractivity contribution is 5.80. The van der Waals surface area contributed by atoms with E-state index in [1.165, 1.54) is 0 Å². The zero-order valence-electron chi connectivity index (χ0n) is 13.7. The van der Waals surface area contributed by atoms with E-state index in [1.54, 1.807) is 0 Å². The lowest BCUT2D eigenvalue weighted by atomic mass is 10.2. The molecule has 0 aliphatic heterocycles. The summed E-state index contributed by atoms with van der Waals surface area (Å²) in [6.07, 6.45) is 1.18. The first-order valence-corrected chi connectivity index (χ1v) is 7.98. The first-order chi connectivity index (χ1) is 11.2. The van der Waals surface area contributed by atoms with E-state index in [0.717, 1.165) is 23.4 Å². The van der Waals surface area contributed by atoms with Crippen molar-refractivity contribution in [1.82, 2.24) is 5.32 Å². The van der Waals surface area contributed by atoms with Crippen LogP contribution in [0.1, 0.15) is 25.8 Å². The number of carbonyl (C=O) groups is 1. The maximum absolute atomic E-state index is 11.8. The molecule has 122 valence electrons. The molecule has 0 saturated heterocycles. The van der Waals surface area contributed by atoms with Crippen molar-refractivity contribution >= 4 is 11.6 Å². The molecule has 0 saturated carbocycles. The van der Waals surface area contributed by atoms with Gasteiger partial charge in [0.2, 0.25) is 5.91 Å². The fourth-order valence-corrected chi connectivity index (χ4v) is 2.01. The minimum atomic E-state index is -0.0335. The largest absolute Gasteiger partial charge is 0.491 e. The standard InChI is InChI=1S/C19H24N2O2/c1-3-15(2)23-18-11-9-17(10-12-18)20-14-19(22)21-13-16-7-5-4-6-8-16/h4-12,15,20H,3,13-14H2,1-2H3,(H,21,22). The predicted octanol–water partition coefficient (Wildman–Crippen LogP) is 3.59. The zero-order valence-corrected chi connectivity index (χ0v) is 13.7. The molecule has 0 aliphatic rings. The van der Waals surface area contributed by atoms with Crippen LogP contribution < -0.4 is 15.4 Å². The third-order valence-corrected chi connectivity index (χ3v) is 3.55. The first kappa shape index (κ1) is 16.9. The molecule has 0 fully saturated rings. The van der Waals surface area contributed by atoms with E-state index in [2.05, 4.69) is 17.6 Å². The molecule has 0 heterocycles. The van der Waals surface area contributed by atoms with E-state index in [-0.39, 0.29) is 18.6 Å². The Morgan fingerprint density at radius 3 is 2.43 bits per heavy atom. The van der Waals surface area contributed by atoms with Gasteiger partial charge in [-0.15, -0.1) is 0 Å². The summed E-state index contributed by atoms with van der Waals surface area (Å²) in [6.45, 7) is 4.93. The Kier molecular flexibility index (Phi) is 6.48. The molecule has 0 spiro atoms. The van der Waals surface area contributed by atoms with Crippen molar-refractivity contribution in [2.75, 3.05) is 11.9 Å². The lowest BCUT2D eigenvalue weighted by Gasteiger charge is -2.13. The van der Waals surface area contributed by atoms with Gasteiger partial charge in [-0.05, 0) is 43.2 Å². The number of ether oxygens (including phenoxy) is 1. The molecule has 0 aromatic heterocycles. The molecule has 2 aromatic rings. The van der Waals surface area contributed by atoms with Crippen molar-refractivity contribution in [3.05, 3.63) is 60.2 Å². The number of rotatable bonds is 8. The average Bonchev–Trinajstić information content (AvgIpc) is 2.60. The van der Waals surface area contributed by atoms with Crippen LogP contribution in [0.25, 0.3) is 0 Å². The van der Waals surface area contributed by atoms with Gasteiger partial charge < -0.3 is 15.4 Å². The Morgan fingerprint density at radius 2 is 1.78 bits per heavy atom. The minimum Gasteiger partial charge on any atom is -0.491 e. The number of benzene rings is 2. The van der Waals surface area contributed by atoms with Gasteiger partial charge in [-0.2, -0.15) is 0 Å². The molecule has 2 rings (SSSR count). The van der Waals surface area contributed by atoms with Gasteiger partial charge in [0.1, 0.15) is 5.75 Å². The summed E-state index contributed by atoms with van der Waals surface area (Å²) in [5, 5.41) is 6.00. The molecule has 4 heteroatoms. The van der Waals surface area contributed by atoms with Crippen LogP contribution >= 0.6 is 0 Å². The van der Waals surface area contributed by atoms with Crippen LogP contribution in [0.15, 0.2) is 54.6 Å². The lowest BCUT2D eigenvalue weighted by molar-refractivity contribution is -0.119. The van der Waals surface area contributed by atoms with E-state index < -0.39 is 0 Å². The van der Waals surface area contributed by atoms with Gasteiger partial charge in [0.25, 0.3) is 0 Å². The molecule has 2 N–H and O–H groups in total. The summed E-state index contributed by atoms with van der Waals surface area (Å²) >= 11 is 0. The molecular formula is C19H24N2O2. The summed E-state index contributed by atoms with van der Waals surface area (Å²) in [7, 11) is 0. The van der Waals surface area contributed by atoms with Gasteiger partial charge in [0.05, 0.1) is 12.6 Å². The summed E-state index contributed by atoms with van der Waals surface area (Å²) in [5.41, 5.74) is 1.99. The molecular weight excluding hydrogens is 288 g/mol. The van der Waals surface area contributed by atoms with Crippen molar-refractivity contribution in [2.45, 2.75) is 32.9 Å². The number of hydrogen-bond acceptors (Lipinski definition) is 3. The third-order valence-electron chi connectivity index (χ3n) is 3.55. The molecule has 1 amide bonds. The number of anilines is 1. The normalized spacial score (nSPS) is 11.6. The number of carbonyl (C=O) groups excluding carboxylic acids is 1. The predicted molar refractivity (Wildman–Crippen MR) is 93.6 cm³/mol. The zero-order chi connectivity index (χ0) is 16.5. The summed E-state index contributed by atoms with van der Waals surface area (Å²) in [5.74, 6) is 0.812. The van der Waals surface area contributed by atoms with Crippen LogP contribution in [0.2, 0.25) is 0 Å². The van der Waals surface area contributed by atoms with Crippen molar-refractivity contribution in [3.63, 3.8) is 0 Å². The Balaban J connectivity index is 1.73. The third kappa shape index (κ3) is 6.02. The average molecular weight is 312 g/mol. The van der Waals surface area contributed by atoms with Crippen molar-refractivity contribution in [1.29, 1.82) is 0 Å². The monoisotopic (exact) mass is 312 g/mol. The Bertz CT molecular complexity index is 597. The van der Waals surface area contributed by atoms with Crippen LogP contribution in [0.5, 0.6) is 5.75 Å². The van der Waals surface area contributed by atoms with Crippen LogP contribution in [-0.4, -0.2) is 18.6 Å². The molecule has 0 bridgehead atoms. The smallest absolute Gasteiger partial charge is 0.239 e. The Labute approximate surface area is 137 Å². The molecule has 23 heavy (non-hydrogen) atoms. The molecule has 4 nitrogen and oxygen atoms in total. The molecule has 2 aromatic carbocycles. The second kappa shape index (κ2) is 8.83. The molecule has 1 unspecified atom stereocenters. The van der Waals surface area contributed by atoms with Gasteiger partial charge in [-0.3, -0.25) is 4.79 Å². The molecule has 0 aliphatic carbocycles. The number of nitrogens with one attached hydrogen (secondary N) is 2. The summed E-state index contributed by atoms with van der Waals surface area (Å²) < 4.78 is 5.72. The SMILES string of the molecule is CCC(C)Oc1ccc(NCC(=O)NCc2ccccc2)cc1. The van der Waals surface area contributed by atoms with Gasteiger partial charge in [-0.25, -0.2) is 0 Å². The molecule has 1 atom stereocenters. The highest BCUT2D eigenvalue weighted by Crippen LogP contribution is 2.17. The van der Waals surface area contributed by atoms with Crippen molar-refractivity contribution in [3.8, 4) is 5.75 Å². The van der Waals surface area contributed by atoms with E-state index >= 15 is 0 Å². The number of hydrogen-bond donors (Lipinski definition) is 2. The summed E-state index contributed by atoms with van der Waals surface area (Å²) in [4.78, 5) is 11.8. The Morgan fingerprint density at radius 1 is 1.09 bits per heavy atom. The maximum Gasteiger partial charge on any atom is 0.239 e. The minimum absolute atomic E-state index is 0.0335. The van der Waals surface area contributed by atoms with E-state index in [0.29, 0.717) is 6.54 Å². The Hall–Kier alpha value is -2.49. The van der Waals surface area contributed by atoms with Gasteiger partial charge in [-0.1, -0.05) is 37.3 Å². The van der Waals surface area contributed by atoms with Crippen LogP contribution in [0.4, 0.5) is 5.69 Å². The quantitative estimate of drug-likeness (QED) is 0.783. The molecule has 0 radical (unpaired) electrons. The number of amides is 1. The topological polar surface area (TPSA) is 50.4 Å². The van der Waals surface area contributed by atoms with Crippen LogP contribution in [-0.2, 0) is 11.3 Å². The first-order valence-electron chi connectivity index (χ1n) is 7.98. The second-order valence-electron chi connectivity index (χ2n) is 5.48. The van der Waals surface area contributed by atoms with Crippen LogP contribution in [0.3, 0.4) is 0 Å². The van der Waals surface area contributed by atoms with Crippen LogP contribution in [0, 0.1) is 0 Å². The highest BCUT2D eigenvalue weighted by atomic mass is 16.5. The van der Waals surface area contributed by atoms with E-state index in [9.17, 15) is 4.79 Å². The van der Waals surface area contributed by atoms with Gasteiger partial charge in [0.15, 0.2) is 0 Å². The highest BCUT2D eigenvalue weighted by Gasteiger charge is 2.03. The lowest BCUT2D eigenvalue weighted by Crippen LogP contribution is -2.29. The fraction of sp³-hybridized carbons (Fsp3) is 0.316. The van der Waals surface area contributed by atoms with Gasteiger partial charge >= 0.3 is 0 Å². The van der Waals surface area contributed by atoms with E-state index in [1.807, 2.05) is 61.5 Å². The maximum atomic E-state index is 11.8. The fourth-order valence-electron chi connectivity index (χ4n) is 2.01. The van der Waals surface area contributed by atoms with Crippen molar-refractivity contribution < 1.29 is 9.53 Å². The second-order valence-corrected chi connectivity index (χ2v) is 5.48. The van der Waals surface area contributed by atoms with Gasteiger partial charge in [0, 0.05) is 12.2 Å². The van der Waals surface area contributed by atoms with Crippen molar-refractivity contribution in [2.24, 2.45) is 0 Å². The summed E-state index contributed by atoms with van der Waals surface area (Å²) in [6, 6.07) is 17.5. The van der Waals surface area contributed by atoms with E-state index in [4.69, 9.17) is 4.74 Å².